The van der Waals surface area contributed by atoms with Crippen LogP contribution in [0.1, 0.15) is 45.7 Å². The van der Waals surface area contributed by atoms with Crippen LogP contribution in [0, 0.1) is 0 Å². The Bertz CT molecular complexity index is 802. The molecule has 1 aromatic carbocycles. The minimum Gasteiger partial charge on any atom is -0.459 e. The molecule has 0 spiro atoms. The van der Waals surface area contributed by atoms with E-state index in [2.05, 4.69) is 4.99 Å². The van der Waals surface area contributed by atoms with E-state index in [-0.39, 0.29) is 17.3 Å². The third kappa shape index (κ3) is 3.40. The summed E-state index contributed by atoms with van der Waals surface area (Å²) in [5.41, 5.74) is 1.79. The van der Waals surface area contributed by atoms with Gasteiger partial charge in [0.25, 0.3) is 0 Å². The van der Waals surface area contributed by atoms with Crippen molar-refractivity contribution in [2.75, 3.05) is 0 Å². The van der Waals surface area contributed by atoms with Gasteiger partial charge in [0.1, 0.15) is 0 Å². The van der Waals surface area contributed by atoms with Gasteiger partial charge in [0.05, 0.1) is 28.7 Å². The first-order valence-electron chi connectivity index (χ1n) is 8.59. The highest BCUT2D eigenvalue weighted by Crippen LogP contribution is 2.44. The van der Waals surface area contributed by atoms with Gasteiger partial charge in [0, 0.05) is 5.02 Å². The molecule has 3 rings (SSSR count). The van der Waals surface area contributed by atoms with Crippen LogP contribution in [0.2, 0.25) is 5.02 Å². The van der Waals surface area contributed by atoms with Crippen LogP contribution in [0.5, 0.6) is 0 Å². The molecule has 138 valence electrons. The van der Waals surface area contributed by atoms with Gasteiger partial charge in [-0.25, -0.2) is 9.79 Å². The first kappa shape index (κ1) is 19.0. The van der Waals surface area contributed by atoms with E-state index in [1.807, 2.05) is 19.1 Å². The summed E-state index contributed by atoms with van der Waals surface area (Å²) in [6.45, 7) is 7.35. The van der Waals surface area contributed by atoms with E-state index in [0.29, 0.717) is 27.9 Å². The Morgan fingerprint density at radius 1 is 1.35 bits per heavy atom. The molecule has 0 aliphatic carbocycles. The first-order chi connectivity index (χ1) is 12.3. The van der Waals surface area contributed by atoms with E-state index in [9.17, 15) is 9.59 Å². The van der Waals surface area contributed by atoms with Crippen LogP contribution < -0.4 is 0 Å². The fourth-order valence-electron chi connectivity index (χ4n) is 3.09. The molecule has 1 saturated heterocycles. The van der Waals surface area contributed by atoms with E-state index < -0.39 is 12.0 Å². The van der Waals surface area contributed by atoms with Gasteiger partial charge in [-0.05, 0) is 44.9 Å². The highest BCUT2D eigenvalue weighted by molar-refractivity contribution is 8.15. The normalized spacial score (nSPS) is 22.6. The van der Waals surface area contributed by atoms with Gasteiger partial charge < -0.3 is 4.74 Å². The topological polar surface area (TPSA) is 59.0 Å². The van der Waals surface area contributed by atoms with Crippen LogP contribution in [0.25, 0.3) is 0 Å². The zero-order valence-corrected chi connectivity index (χ0v) is 16.7. The molecule has 0 unspecified atom stereocenters. The Balaban J connectivity index is 2.12. The van der Waals surface area contributed by atoms with Crippen LogP contribution in [0.15, 0.2) is 40.5 Å². The molecule has 1 fully saturated rings. The predicted molar refractivity (Wildman–Crippen MR) is 104 cm³/mol. The minimum absolute atomic E-state index is 0.0291. The van der Waals surface area contributed by atoms with Crippen LogP contribution in [0.3, 0.4) is 0 Å². The maximum absolute atomic E-state index is 12.9. The van der Waals surface area contributed by atoms with Crippen molar-refractivity contribution in [2.24, 2.45) is 4.99 Å². The van der Waals surface area contributed by atoms with Crippen molar-refractivity contribution in [2.45, 2.75) is 51.5 Å². The van der Waals surface area contributed by atoms with Crippen molar-refractivity contribution >= 4 is 40.4 Å². The molecule has 7 heteroatoms. The molecular weight excluding hydrogens is 372 g/mol. The van der Waals surface area contributed by atoms with Gasteiger partial charge >= 0.3 is 5.97 Å². The van der Waals surface area contributed by atoms with Gasteiger partial charge in [-0.15, -0.1) is 0 Å². The Morgan fingerprint density at radius 3 is 2.58 bits per heavy atom. The molecule has 1 amide bonds. The van der Waals surface area contributed by atoms with Crippen molar-refractivity contribution in [3.63, 3.8) is 0 Å². The monoisotopic (exact) mass is 392 g/mol. The summed E-state index contributed by atoms with van der Waals surface area (Å²) in [7, 11) is 0. The summed E-state index contributed by atoms with van der Waals surface area (Å²) in [4.78, 5) is 31.9. The predicted octanol–water partition coefficient (Wildman–Crippen LogP) is 4.33. The van der Waals surface area contributed by atoms with Crippen LogP contribution in [0.4, 0.5) is 0 Å². The molecule has 0 aromatic heterocycles. The zero-order chi connectivity index (χ0) is 19.0. The van der Waals surface area contributed by atoms with Gasteiger partial charge in [-0.1, -0.05) is 42.4 Å². The summed E-state index contributed by atoms with van der Waals surface area (Å²) < 4.78 is 5.44. The number of hydrogen-bond acceptors (Lipinski definition) is 5. The molecule has 2 aliphatic rings. The zero-order valence-electron chi connectivity index (χ0n) is 15.2. The molecular formula is C19H21ClN2O3S. The summed E-state index contributed by atoms with van der Waals surface area (Å²) in [6.07, 6.45) is 0.447. The molecule has 0 saturated carbocycles. The van der Waals surface area contributed by atoms with E-state index in [4.69, 9.17) is 16.3 Å². The van der Waals surface area contributed by atoms with Crippen LogP contribution in [-0.2, 0) is 14.3 Å². The highest BCUT2D eigenvalue weighted by Gasteiger charge is 2.47. The van der Waals surface area contributed by atoms with E-state index in [1.165, 1.54) is 11.8 Å². The maximum atomic E-state index is 12.9. The summed E-state index contributed by atoms with van der Waals surface area (Å²) in [6, 6.07) is 6.64. The largest absolute Gasteiger partial charge is 0.459 e. The number of carbonyl (C=O) groups excluding carboxylic acids is 2. The number of thioether (sulfide) groups is 1. The molecule has 26 heavy (non-hydrogen) atoms. The number of fused-ring (bicyclic) bond motifs is 1. The minimum atomic E-state index is -0.553. The van der Waals surface area contributed by atoms with Crippen molar-refractivity contribution < 1.29 is 14.3 Å². The second-order valence-corrected chi connectivity index (χ2v) is 8.13. The van der Waals surface area contributed by atoms with Crippen LogP contribution in [-0.4, -0.2) is 33.3 Å². The molecule has 2 heterocycles. The second-order valence-electron chi connectivity index (χ2n) is 6.52. The molecule has 0 bridgehead atoms. The number of esters is 1. The number of rotatable bonds is 4. The molecule has 0 N–H and O–H groups in total. The highest BCUT2D eigenvalue weighted by atomic mass is 35.5. The van der Waals surface area contributed by atoms with E-state index >= 15 is 0 Å². The number of amidine groups is 1. The molecule has 2 atom stereocenters. The second kappa shape index (κ2) is 7.45. The average molecular weight is 393 g/mol. The van der Waals surface area contributed by atoms with Gasteiger partial charge in [-0.3, -0.25) is 9.69 Å². The number of benzene rings is 1. The Labute approximate surface area is 162 Å². The summed E-state index contributed by atoms with van der Waals surface area (Å²) in [5.74, 6) is -0.475. The summed E-state index contributed by atoms with van der Waals surface area (Å²) in [5, 5.41) is 1.05. The number of carbonyl (C=O) groups is 2. The lowest BCUT2D eigenvalue weighted by molar-refractivity contribution is -0.143. The number of ether oxygens (including phenoxy) is 1. The van der Waals surface area contributed by atoms with Crippen molar-refractivity contribution in [1.82, 2.24) is 4.90 Å². The molecule has 1 aromatic rings. The van der Waals surface area contributed by atoms with Gasteiger partial charge in [0.15, 0.2) is 5.17 Å². The third-order valence-electron chi connectivity index (χ3n) is 4.27. The van der Waals surface area contributed by atoms with Gasteiger partial charge in [-0.2, -0.15) is 0 Å². The number of aliphatic imine (C=N–C) groups is 1. The molecule has 2 aliphatic heterocycles. The fraction of sp³-hybridized carbons (Fsp3) is 0.421. The van der Waals surface area contributed by atoms with Crippen molar-refractivity contribution in [1.29, 1.82) is 0 Å². The SMILES string of the molecule is CC[C@H]1SC2=NC(C)=C(C(=O)OC(C)C)[C@H](c3ccc(Cl)cc3)N2C1=O. The van der Waals surface area contributed by atoms with Crippen molar-refractivity contribution in [3.05, 3.63) is 46.1 Å². The summed E-state index contributed by atoms with van der Waals surface area (Å²) >= 11 is 7.47. The van der Waals surface area contributed by atoms with Crippen LogP contribution >= 0.6 is 23.4 Å². The first-order valence-corrected chi connectivity index (χ1v) is 9.84. The molecule has 5 nitrogen and oxygen atoms in total. The fourth-order valence-corrected chi connectivity index (χ4v) is 4.35. The molecule has 0 radical (unpaired) electrons. The number of amides is 1. The smallest absolute Gasteiger partial charge is 0.338 e. The average Bonchev–Trinajstić information content (AvgIpc) is 2.89. The Kier molecular flexibility index (Phi) is 5.44. The van der Waals surface area contributed by atoms with Crippen molar-refractivity contribution in [3.8, 4) is 0 Å². The standard InChI is InChI=1S/C19H21ClN2O3S/c1-5-14-17(23)22-16(12-6-8-13(20)9-7-12)15(18(24)25-10(2)3)11(4)21-19(22)26-14/h6-10,14,16H,5H2,1-4H3/t14-,16+/m1/s1. The lowest BCUT2D eigenvalue weighted by atomic mass is 9.94. The van der Waals surface area contributed by atoms with E-state index in [1.54, 1.807) is 37.8 Å². The maximum Gasteiger partial charge on any atom is 0.338 e. The number of nitrogens with zero attached hydrogens (tertiary/aromatic N) is 2. The quantitative estimate of drug-likeness (QED) is 0.715. The number of halogens is 1. The lowest BCUT2D eigenvalue weighted by Crippen LogP contribution is -2.41. The van der Waals surface area contributed by atoms with Gasteiger partial charge in [0.2, 0.25) is 5.91 Å². The third-order valence-corrected chi connectivity index (χ3v) is 5.84. The lowest BCUT2D eigenvalue weighted by Gasteiger charge is -2.33. The van der Waals surface area contributed by atoms with E-state index in [0.717, 1.165) is 5.56 Å². The number of hydrogen-bond donors (Lipinski definition) is 0. The Morgan fingerprint density at radius 2 is 2.00 bits per heavy atom. The Hall–Kier alpha value is -1.79. The number of allylic oxidation sites excluding steroid dienone is 1.